The van der Waals surface area contributed by atoms with Gasteiger partial charge in [-0.05, 0) is 43.5 Å². The summed E-state index contributed by atoms with van der Waals surface area (Å²) >= 11 is 0. The number of aromatic nitrogens is 1. The van der Waals surface area contributed by atoms with Gasteiger partial charge in [0, 0.05) is 36.6 Å². The number of hydrogen-bond donors (Lipinski definition) is 1. The standard InChI is InChI=1S/C19H19F3N2O2/c1-13-4-5-14(19(20,21)22)11-16(13)17(25)24-9-6-18(26,7-10-24)15-3-2-8-23-12-15/h2-5,8,11-12,26H,6-7,9-10H2,1H3. The number of rotatable bonds is 2. The SMILES string of the molecule is Cc1ccc(C(F)(F)F)cc1C(=O)N1CCC(O)(c2cccnc2)CC1. The van der Waals surface area contributed by atoms with Gasteiger partial charge in [-0.25, -0.2) is 0 Å². The number of alkyl halides is 3. The van der Waals surface area contributed by atoms with Crippen LogP contribution in [0.2, 0.25) is 0 Å². The maximum Gasteiger partial charge on any atom is 0.416 e. The van der Waals surface area contributed by atoms with Gasteiger partial charge in [-0.1, -0.05) is 12.1 Å². The van der Waals surface area contributed by atoms with Crippen molar-refractivity contribution in [3.05, 3.63) is 65.0 Å². The van der Waals surface area contributed by atoms with Crippen LogP contribution < -0.4 is 0 Å². The normalized spacial score (nSPS) is 17.2. The number of nitrogens with zero attached hydrogens (tertiary/aromatic N) is 2. The van der Waals surface area contributed by atoms with Gasteiger partial charge in [0.25, 0.3) is 5.91 Å². The number of carbonyl (C=O) groups excluding carboxylic acids is 1. The second kappa shape index (κ2) is 6.72. The van der Waals surface area contributed by atoms with Crippen LogP contribution >= 0.6 is 0 Å². The predicted molar refractivity (Wildman–Crippen MR) is 89.5 cm³/mol. The summed E-state index contributed by atoms with van der Waals surface area (Å²) < 4.78 is 38.8. The summed E-state index contributed by atoms with van der Waals surface area (Å²) in [6.07, 6.45) is -0.674. The van der Waals surface area contributed by atoms with Crippen LogP contribution in [0.1, 0.15) is 39.9 Å². The Hall–Kier alpha value is -2.41. The Morgan fingerprint density at radius 1 is 1.23 bits per heavy atom. The molecule has 1 amide bonds. The molecule has 1 aliphatic rings. The lowest BCUT2D eigenvalue weighted by molar-refractivity contribution is -0.137. The van der Waals surface area contributed by atoms with Crippen LogP contribution in [0.15, 0.2) is 42.7 Å². The molecule has 1 aromatic heterocycles. The highest BCUT2D eigenvalue weighted by atomic mass is 19.4. The number of likely N-dealkylation sites (tertiary alicyclic amines) is 1. The number of halogens is 3. The molecule has 0 unspecified atom stereocenters. The second-order valence-electron chi connectivity index (χ2n) is 6.59. The molecule has 1 N–H and O–H groups in total. The van der Waals surface area contributed by atoms with E-state index in [0.29, 0.717) is 24.0 Å². The summed E-state index contributed by atoms with van der Waals surface area (Å²) in [5.74, 6) is -0.443. The van der Waals surface area contributed by atoms with Gasteiger partial charge < -0.3 is 10.0 Å². The minimum atomic E-state index is -4.49. The zero-order chi connectivity index (χ0) is 18.9. The lowest BCUT2D eigenvalue weighted by atomic mass is 9.85. The van der Waals surface area contributed by atoms with Crippen molar-refractivity contribution < 1.29 is 23.1 Å². The topological polar surface area (TPSA) is 53.4 Å². The fraction of sp³-hybridized carbons (Fsp3) is 0.368. The third-order valence-corrected chi connectivity index (χ3v) is 4.87. The van der Waals surface area contributed by atoms with Gasteiger partial charge in [-0.15, -0.1) is 0 Å². The molecule has 1 saturated heterocycles. The minimum Gasteiger partial charge on any atom is -0.385 e. The molecule has 0 atom stereocenters. The predicted octanol–water partition coefficient (Wildman–Crippen LogP) is 3.53. The Bertz CT molecular complexity index is 798. The molecule has 0 radical (unpaired) electrons. The monoisotopic (exact) mass is 364 g/mol. The fourth-order valence-electron chi connectivity index (χ4n) is 3.21. The van der Waals surface area contributed by atoms with Crippen LogP contribution in [0.4, 0.5) is 13.2 Å². The summed E-state index contributed by atoms with van der Waals surface area (Å²) in [6, 6.07) is 6.70. The zero-order valence-electron chi connectivity index (χ0n) is 14.3. The third-order valence-electron chi connectivity index (χ3n) is 4.87. The Labute approximate surface area is 149 Å². The first kappa shape index (κ1) is 18.4. The van der Waals surface area contributed by atoms with Crippen molar-refractivity contribution in [3.8, 4) is 0 Å². The number of aliphatic hydroxyl groups is 1. The molecule has 138 valence electrons. The van der Waals surface area contributed by atoms with Crippen molar-refractivity contribution in [1.82, 2.24) is 9.88 Å². The van der Waals surface area contributed by atoms with E-state index in [0.717, 1.165) is 12.1 Å². The highest BCUT2D eigenvalue weighted by Crippen LogP contribution is 2.34. The van der Waals surface area contributed by atoms with Crippen molar-refractivity contribution in [3.63, 3.8) is 0 Å². The maximum absolute atomic E-state index is 12.9. The van der Waals surface area contributed by atoms with Crippen LogP contribution in [0.5, 0.6) is 0 Å². The number of benzene rings is 1. The highest BCUT2D eigenvalue weighted by Gasteiger charge is 2.37. The van der Waals surface area contributed by atoms with Crippen molar-refractivity contribution in [2.24, 2.45) is 0 Å². The molecule has 1 fully saturated rings. The molecule has 2 heterocycles. The summed E-state index contributed by atoms with van der Waals surface area (Å²) in [5.41, 5.74) is -0.686. The molecule has 4 nitrogen and oxygen atoms in total. The lowest BCUT2D eigenvalue weighted by Crippen LogP contribution is -2.45. The fourth-order valence-corrected chi connectivity index (χ4v) is 3.21. The molecule has 26 heavy (non-hydrogen) atoms. The molecule has 0 aliphatic carbocycles. The summed E-state index contributed by atoms with van der Waals surface area (Å²) in [6.45, 7) is 2.14. The Kier molecular flexibility index (Phi) is 4.75. The molecule has 1 aliphatic heterocycles. The van der Waals surface area contributed by atoms with E-state index in [9.17, 15) is 23.1 Å². The number of hydrogen-bond acceptors (Lipinski definition) is 3. The first-order valence-corrected chi connectivity index (χ1v) is 8.31. The van der Waals surface area contributed by atoms with Crippen molar-refractivity contribution in [2.75, 3.05) is 13.1 Å². The quantitative estimate of drug-likeness (QED) is 0.887. The Morgan fingerprint density at radius 2 is 1.92 bits per heavy atom. The number of aryl methyl sites for hydroxylation is 1. The molecule has 0 saturated carbocycles. The van der Waals surface area contributed by atoms with Crippen LogP contribution in [0.3, 0.4) is 0 Å². The third kappa shape index (κ3) is 3.58. The van der Waals surface area contributed by atoms with Crippen LogP contribution in [0.25, 0.3) is 0 Å². The van der Waals surface area contributed by atoms with Crippen LogP contribution in [-0.4, -0.2) is 34.0 Å². The minimum absolute atomic E-state index is 0.0478. The van der Waals surface area contributed by atoms with Gasteiger partial charge in [0.15, 0.2) is 0 Å². The first-order valence-electron chi connectivity index (χ1n) is 8.31. The molecule has 3 rings (SSSR count). The van der Waals surface area contributed by atoms with E-state index >= 15 is 0 Å². The zero-order valence-corrected chi connectivity index (χ0v) is 14.3. The Balaban J connectivity index is 1.77. The van der Waals surface area contributed by atoms with E-state index in [1.165, 1.54) is 11.0 Å². The molecule has 7 heteroatoms. The summed E-state index contributed by atoms with van der Waals surface area (Å²) in [7, 11) is 0. The van der Waals surface area contributed by atoms with Gasteiger partial charge in [0.2, 0.25) is 0 Å². The van der Waals surface area contributed by atoms with E-state index in [1.807, 2.05) is 0 Å². The number of amides is 1. The van der Waals surface area contributed by atoms with Crippen molar-refractivity contribution in [1.29, 1.82) is 0 Å². The van der Waals surface area contributed by atoms with E-state index in [1.54, 1.807) is 31.5 Å². The van der Waals surface area contributed by atoms with Gasteiger partial charge in [-0.3, -0.25) is 9.78 Å². The van der Waals surface area contributed by atoms with Crippen LogP contribution in [0, 0.1) is 6.92 Å². The number of piperidine rings is 1. The van der Waals surface area contributed by atoms with E-state index in [-0.39, 0.29) is 18.7 Å². The molecular weight excluding hydrogens is 345 g/mol. The molecule has 0 bridgehead atoms. The largest absolute Gasteiger partial charge is 0.416 e. The molecule has 0 spiro atoms. The van der Waals surface area contributed by atoms with Gasteiger partial charge in [0.05, 0.1) is 11.2 Å². The van der Waals surface area contributed by atoms with E-state index < -0.39 is 23.2 Å². The maximum atomic E-state index is 12.9. The Morgan fingerprint density at radius 3 is 2.50 bits per heavy atom. The van der Waals surface area contributed by atoms with Gasteiger partial charge in [0.1, 0.15) is 0 Å². The highest BCUT2D eigenvalue weighted by molar-refractivity contribution is 5.96. The number of carbonyl (C=O) groups is 1. The summed E-state index contributed by atoms with van der Waals surface area (Å²) in [4.78, 5) is 18.2. The lowest BCUT2D eigenvalue weighted by Gasteiger charge is -2.38. The number of pyridine rings is 1. The molecular formula is C19H19F3N2O2. The van der Waals surface area contributed by atoms with E-state index in [2.05, 4.69) is 4.98 Å². The van der Waals surface area contributed by atoms with E-state index in [4.69, 9.17) is 0 Å². The second-order valence-corrected chi connectivity index (χ2v) is 6.59. The average Bonchev–Trinajstić information content (AvgIpc) is 2.62. The first-order chi connectivity index (χ1) is 12.2. The summed E-state index contributed by atoms with van der Waals surface area (Å²) in [5, 5.41) is 10.8. The smallest absolute Gasteiger partial charge is 0.385 e. The average molecular weight is 364 g/mol. The van der Waals surface area contributed by atoms with Gasteiger partial charge >= 0.3 is 6.18 Å². The molecule has 2 aromatic rings. The van der Waals surface area contributed by atoms with Crippen molar-refractivity contribution >= 4 is 5.91 Å². The molecule has 1 aromatic carbocycles. The van der Waals surface area contributed by atoms with Crippen molar-refractivity contribution in [2.45, 2.75) is 31.5 Å². The van der Waals surface area contributed by atoms with Gasteiger partial charge in [-0.2, -0.15) is 13.2 Å². The van der Waals surface area contributed by atoms with Crippen LogP contribution in [-0.2, 0) is 11.8 Å².